The summed E-state index contributed by atoms with van der Waals surface area (Å²) >= 11 is 0. The van der Waals surface area contributed by atoms with E-state index in [9.17, 15) is 0 Å². The summed E-state index contributed by atoms with van der Waals surface area (Å²) in [7, 11) is 3.35. The van der Waals surface area contributed by atoms with Crippen LogP contribution in [0, 0.1) is 6.92 Å². The maximum atomic E-state index is 5.65. The van der Waals surface area contributed by atoms with Gasteiger partial charge in [-0.3, -0.25) is 0 Å². The van der Waals surface area contributed by atoms with E-state index in [-0.39, 0.29) is 0 Å². The minimum absolute atomic E-state index is 0.602. The molecule has 0 bridgehead atoms. The van der Waals surface area contributed by atoms with Gasteiger partial charge in [-0.2, -0.15) is 0 Å². The van der Waals surface area contributed by atoms with Gasteiger partial charge in [0.15, 0.2) is 0 Å². The number of hydrogen-bond donors (Lipinski definition) is 1. The van der Waals surface area contributed by atoms with E-state index in [0.717, 1.165) is 34.6 Å². The van der Waals surface area contributed by atoms with Gasteiger partial charge in [0, 0.05) is 24.2 Å². The van der Waals surface area contributed by atoms with Crippen LogP contribution in [0.4, 0.5) is 0 Å². The van der Waals surface area contributed by atoms with Crippen molar-refractivity contribution < 1.29 is 9.47 Å². The van der Waals surface area contributed by atoms with E-state index in [4.69, 9.17) is 15.2 Å². The molecule has 0 fully saturated rings. The molecule has 0 aliphatic heterocycles. The Hall–Kier alpha value is -1.68. The number of aryl methyl sites for hydroxylation is 1. The summed E-state index contributed by atoms with van der Waals surface area (Å²) < 4.78 is 12.9. The predicted molar refractivity (Wildman–Crippen MR) is 68.8 cm³/mol. The Balaban J connectivity index is 2.76. The van der Waals surface area contributed by atoms with Gasteiger partial charge in [-0.25, -0.2) is 0 Å². The molecule has 0 amide bonds. The first-order chi connectivity index (χ1) is 8.22. The van der Waals surface area contributed by atoms with Gasteiger partial charge in [0.1, 0.15) is 11.5 Å². The van der Waals surface area contributed by atoms with Crippen molar-refractivity contribution in [2.24, 2.45) is 5.73 Å². The van der Waals surface area contributed by atoms with Crippen LogP contribution >= 0.6 is 0 Å². The molecule has 4 nitrogen and oxygen atoms in total. The van der Waals surface area contributed by atoms with Crippen molar-refractivity contribution in [2.75, 3.05) is 20.8 Å². The second-order valence-corrected chi connectivity index (χ2v) is 3.96. The lowest BCUT2D eigenvalue weighted by atomic mass is 10.2. The number of ether oxygens (including phenoxy) is 2. The zero-order valence-corrected chi connectivity index (χ0v) is 10.5. The minimum Gasteiger partial charge on any atom is -0.496 e. The summed E-state index contributed by atoms with van der Waals surface area (Å²) in [5.41, 5.74) is 7.86. The Kier molecular flexibility index (Phi) is 3.24. The van der Waals surface area contributed by atoms with E-state index in [0.29, 0.717) is 6.54 Å². The Morgan fingerprint density at radius 3 is 2.41 bits per heavy atom. The average molecular weight is 234 g/mol. The molecule has 1 heterocycles. The maximum absolute atomic E-state index is 5.65. The Morgan fingerprint density at radius 2 is 1.82 bits per heavy atom. The molecule has 0 saturated heterocycles. The summed E-state index contributed by atoms with van der Waals surface area (Å²) in [4.78, 5) is 0. The van der Waals surface area contributed by atoms with Crippen LogP contribution in [-0.2, 0) is 6.54 Å². The monoisotopic (exact) mass is 234 g/mol. The molecule has 0 atom stereocenters. The SMILES string of the molecule is COc1ccc(OC)c2c1cc(C)n2CCN. The van der Waals surface area contributed by atoms with Crippen molar-refractivity contribution >= 4 is 10.9 Å². The number of methoxy groups -OCH3 is 2. The lowest BCUT2D eigenvalue weighted by molar-refractivity contribution is 0.409. The van der Waals surface area contributed by atoms with Crippen molar-refractivity contribution in [1.29, 1.82) is 0 Å². The fraction of sp³-hybridized carbons (Fsp3) is 0.385. The topological polar surface area (TPSA) is 49.4 Å². The normalized spacial score (nSPS) is 10.8. The van der Waals surface area contributed by atoms with E-state index in [1.165, 1.54) is 0 Å². The van der Waals surface area contributed by atoms with Gasteiger partial charge in [-0.15, -0.1) is 0 Å². The Bertz CT molecular complexity index is 532. The number of nitrogens with two attached hydrogens (primary N) is 1. The molecule has 17 heavy (non-hydrogen) atoms. The van der Waals surface area contributed by atoms with Crippen molar-refractivity contribution in [3.05, 3.63) is 23.9 Å². The summed E-state index contributed by atoms with van der Waals surface area (Å²) in [6, 6.07) is 5.95. The zero-order chi connectivity index (χ0) is 12.4. The standard InChI is InChI=1S/C13H18N2O2/c1-9-8-10-11(16-2)4-5-12(17-3)13(10)15(9)7-6-14/h4-5,8H,6-7,14H2,1-3H3. The van der Waals surface area contributed by atoms with Gasteiger partial charge < -0.3 is 19.8 Å². The number of benzene rings is 1. The molecule has 0 aliphatic rings. The number of nitrogens with zero attached hydrogens (tertiary/aromatic N) is 1. The van der Waals surface area contributed by atoms with Gasteiger partial charge in [-0.1, -0.05) is 0 Å². The summed E-state index contributed by atoms with van der Waals surface area (Å²) in [6.07, 6.45) is 0. The van der Waals surface area contributed by atoms with Crippen LogP contribution in [0.1, 0.15) is 5.69 Å². The highest BCUT2D eigenvalue weighted by Gasteiger charge is 2.14. The fourth-order valence-electron chi connectivity index (χ4n) is 2.21. The highest BCUT2D eigenvalue weighted by molar-refractivity contribution is 5.92. The number of fused-ring (bicyclic) bond motifs is 1. The molecule has 0 saturated carbocycles. The third-order valence-electron chi connectivity index (χ3n) is 2.98. The number of rotatable bonds is 4. The van der Waals surface area contributed by atoms with Crippen LogP contribution in [-0.4, -0.2) is 25.3 Å². The highest BCUT2D eigenvalue weighted by Crippen LogP contribution is 2.35. The molecule has 92 valence electrons. The van der Waals surface area contributed by atoms with E-state index in [1.54, 1.807) is 14.2 Å². The second-order valence-electron chi connectivity index (χ2n) is 3.96. The molecule has 4 heteroatoms. The number of aromatic nitrogens is 1. The van der Waals surface area contributed by atoms with Crippen molar-refractivity contribution in [3.8, 4) is 11.5 Å². The Morgan fingerprint density at radius 1 is 1.18 bits per heavy atom. The molecule has 2 aromatic rings. The molecule has 1 aromatic heterocycles. The van der Waals surface area contributed by atoms with Crippen molar-refractivity contribution in [3.63, 3.8) is 0 Å². The van der Waals surface area contributed by atoms with Crippen LogP contribution in [0.3, 0.4) is 0 Å². The zero-order valence-electron chi connectivity index (χ0n) is 10.5. The molecule has 2 N–H and O–H groups in total. The van der Waals surface area contributed by atoms with Crippen LogP contribution < -0.4 is 15.2 Å². The smallest absolute Gasteiger partial charge is 0.143 e. The van der Waals surface area contributed by atoms with E-state index < -0.39 is 0 Å². The summed E-state index contributed by atoms with van der Waals surface area (Å²) in [6.45, 7) is 3.44. The fourth-order valence-corrected chi connectivity index (χ4v) is 2.21. The van der Waals surface area contributed by atoms with E-state index in [1.807, 2.05) is 12.1 Å². The van der Waals surface area contributed by atoms with Gasteiger partial charge in [0.05, 0.1) is 19.7 Å². The lowest BCUT2D eigenvalue weighted by Crippen LogP contribution is -2.11. The first kappa shape index (κ1) is 11.8. The highest BCUT2D eigenvalue weighted by atomic mass is 16.5. The largest absolute Gasteiger partial charge is 0.496 e. The molecule has 0 spiro atoms. The third-order valence-corrected chi connectivity index (χ3v) is 2.98. The minimum atomic E-state index is 0.602. The quantitative estimate of drug-likeness (QED) is 0.879. The Labute approximate surface area is 101 Å². The molecule has 2 rings (SSSR count). The third kappa shape index (κ3) is 1.85. The van der Waals surface area contributed by atoms with Crippen LogP contribution in [0.5, 0.6) is 11.5 Å². The molecule has 1 aromatic carbocycles. The van der Waals surface area contributed by atoms with E-state index in [2.05, 4.69) is 17.6 Å². The van der Waals surface area contributed by atoms with Gasteiger partial charge in [0.2, 0.25) is 0 Å². The van der Waals surface area contributed by atoms with E-state index >= 15 is 0 Å². The molecule has 0 aliphatic carbocycles. The van der Waals surface area contributed by atoms with Crippen LogP contribution in [0.15, 0.2) is 18.2 Å². The summed E-state index contributed by atoms with van der Waals surface area (Å²) in [5, 5.41) is 1.07. The van der Waals surface area contributed by atoms with Crippen molar-refractivity contribution in [1.82, 2.24) is 4.57 Å². The molecular weight excluding hydrogens is 216 g/mol. The predicted octanol–water partition coefficient (Wildman–Crippen LogP) is 1.93. The van der Waals surface area contributed by atoms with Gasteiger partial charge in [0.25, 0.3) is 0 Å². The second kappa shape index (κ2) is 4.67. The van der Waals surface area contributed by atoms with Crippen molar-refractivity contribution in [2.45, 2.75) is 13.5 Å². The van der Waals surface area contributed by atoms with Gasteiger partial charge in [-0.05, 0) is 25.1 Å². The first-order valence-corrected chi connectivity index (χ1v) is 5.63. The molecular formula is C13H18N2O2. The first-order valence-electron chi connectivity index (χ1n) is 5.63. The van der Waals surface area contributed by atoms with Crippen LogP contribution in [0.2, 0.25) is 0 Å². The summed E-state index contributed by atoms with van der Waals surface area (Å²) in [5.74, 6) is 1.71. The van der Waals surface area contributed by atoms with Crippen LogP contribution in [0.25, 0.3) is 10.9 Å². The lowest BCUT2D eigenvalue weighted by Gasteiger charge is -2.11. The van der Waals surface area contributed by atoms with Gasteiger partial charge >= 0.3 is 0 Å². The number of hydrogen-bond acceptors (Lipinski definition) is 3. The maximum Gasteiger partial charge on any atom is 0.143 e. The molecule has 0 radical (unpaired) electrons. The average Bonchev–Trinajstić information content (AvgIpc) is 2.66. The molecule has 0 unspecified atom stereocenters.